The molecular weight excluding hydrogens is 249 g/mol. The molecule has 2 unspecified atom stereocenters. The number of piperidine rings is 1. The molecule has 3 rings (SSSR count). The number of imide groups is 1. The lowest BCUT2D eigenvalue weighted by molar-refractivity contribution is -0.123. The summed E-state index contributed by atoms with van der Waals surface area (Å²) in [7, 11) is 0. The molecule has 1 saturated heterocycles. The fourth-order valence-corrected chi connectivity index (χ4v) is 2.33. The molecule has 2 amide bonds. The van der Waals surface area contributed by atoms with Gasteiger partial charge in [-0.25, -0.2) is 9.29 Å². The highest BCUT2D eigenvalue weighted by Crippen LogP contribution is 2.48. The van der Waals surface area contributed by atoms with Crippen LogP contribution in [0.4, 0.5) is 10.1 Å². The van der Waals surface area contributed by atoms with E-state index < -0.39 is 5.82 Å². The second-order valence-electron chi connectivity index (χ2n) is 4.59. The second kappa shape index (κ2) is 4.18. The molecule has 0 bridgehead atoms. The van der Waals surface area contributed by atoms with E-state index in [0.717, 1.165) is 11.0 Å². The molecule has 0 radical (unpaired) electrons. The maximum atomic E-state index is 13.9. The van der Waals surface area contributed by atoms with Gasteiger partial charge in [-0.15, -0.1) is 0 Å². The Bertz CT molecular complexity index is 624. The number of aliphatic hydroxyl groups excluding tert-OH is 1. The molecule has 5 heteroatoms. The molecule has 1 aromatic carbocycles. The molecule has 1 aliphatic carbocycles. The minimum absolute atomic E-state index is 0.0169. The SMILES string of the molecule is O=C1C2CC2C(=O)N1c1ccc(C#CCO)cc1F. The summed E-state index contributed by atoms with van der Waals surface area (Å²) in [4.78, 5) is 24.6. The topological polar surface area (TPSA) is 57.6 Å². The van der Waals surface area contributed by atoms with Crippen molar-refractivity contribution in [3.63, 3.8) is 0 Å². The summed E-state index contributed by atoms with van der Waals surface area (Å²) in [6.45, 7) is -0.310. The van der Waals surface area contributed by atoms with Gasteiger partial charge in [-0.1, -0.05) is 11.8 Å². The van der Waals surface area contributed by atoms with Crippen LogP contribution in [0, 0.1) is 29.5 Å². The fraction of sp³-hybridized carbons (Fsp3) is 0.286. The number of hydrogen-bond acceptors (Lipinski definition) is 3. The predicted octanol–water partition coefficient (Wildman–Crippen LogP) is 0.679. The maximum Gasteiger partial charge on any atom is 0.237 e. The molecule has 1 saturated carbocycles. The zero-order chi connectivity index (χ0) is 13.6. The molecule has 1 heterocycles. The van der Waals surface area contributed by atoms with Crippen LogP contribution in [0.2, 0.25) is 0 Å². The first-order valence-corrected chi connectivity index (χ1v) is 5.90. The number of hydrogen-bond donors (Lipinski definition) is 1. The fourth-order valence-electron chi connectivity index (χ4n) is 2.33. The van der Waals surface area contributed by atoms with Gasteiger partial charge in [-0.05, 0) is 24.6 Å². The molecule has 4 nitrogen and oxygen atoms in total. The Hall–Kier alpha value is -2.19. The van der Waals surface area contributed by atoms with E-state index in [2.05, 4.69) is 11.8 Å². The minimum atomic E-state index is -0.660. The number of benzene rings is 1. The molecule has 1 aromatic rings. The summed E-state index contributed by atoms with van der Waals surface area (Å²) in [6.07, 6.45) is 0.593. The largest absolute Gasteiger partial charge is 0.384 e. The first kappa shape index (κ1) is 11.9. The van der Waals surface area contributed by atoms with Crippen LogP contribution in [-0.4, -0.2) is 23.5 Å². The monoisotopic (exact) mass is 259 g/mol. The van der Waals surface area contributed by atoms with Gasteiger partial charge in [0, 0.05) is 5.56 Å². The molecule has 0 spiro atoms. The summed E-state index contributed by atoms with van der Waals surface area (Å²) in [6, 6.07) is 4.05. The highest BCUT2D eigenvalue weighted by atomic mass is 19.1. The zero-order valence-corrected chi connectivity index (χ0v) is 9.89. The van der Waals surface area contributed by atoms with Gasteiger partial charge < -0.3 is 5.11 Å². The van der Waals surface area contributed by atoms with Gasteiger partial charge in [0.15, 0.2) is 0 Å². The quantitative estimate of drug-likeness (QED) is 0.596. The molecule has 2 fully saturated rings. The Morgan fingerprint density at radius 3 is 2.58 bits per heavy atom. The number of nitrogens with zero attached hydrogens (tertiary/aromatic N) is 1. The van der Waals surface area contributed by atoms with Crippen molar-refractivity contribution in [2.45, 2.75) is 6.42 Å². The molecule has 1 aliphatic heterocycles. The van der Waals surface area contributed by atoms with Crippen LogP contribution in [0.5, 0.6) is 0 Å². The minimum Gasteiger partial charge on any atom is -0.384 e. The summed E-state index contributed by atoms with van der Waals surface area (Å²) in [5.74, 6) is 3.18. The van der Waals surface area contributed by atoms with Crippen molar-refractivity contribution in [3.05, 3.63) is 29.6 Å². The van der Waals surface area contributed by atoms with Gasteiger partial charge in [0.2, 0.25) is 11.8 Å². The van der Waals surface area contributed by atoms with Crippen molar-refractivity contribution in [1.82, 2.24) is 0 Å². The molecule has 19 heavy (non-hydrogen) atoms. The van der Waals surface area contributed by atoms with Crippen LogP contribution in [0.15, 0.2) is 18.2 Å². The lowest BCUT2D eigenvalue weighted by atomic mass is 10.2. The number of fused-ring (bicyclic) bond motifs is 1. The van der Waals surface area contributed by atoms with Gasteiger partial charge in [-0.3, -0.25) is 9.59 Å². The lowest BCUT2D eigenvalue weighted by Crippen LogP contribution is -2.33. The van der Waals surface area contributed by atoms with E-state index in [1.54, 1.807) is 0 Å². The predicted molar refractivity (Wildman–Crippen MR) is 64.5 cm³/mol. The maximum absolute atomic E-state index is 13.9. The second-order valence-corrected chi connectivity index (χ2v) is 4.59. The van der Waals surface area contributed by atoms with E-state index in [1.165, 1.54) is 12.1 Å². The van der Waals surface area contributed by atoms with Crippen LogP contribution in [0.3, 0.4) is 0 Å². The molecular formula is C14H10FNO3. The molecule has 0 aromatic heterocycles. The van der Waals surface area contributed by atoms with Crippen molar-refractivity contribution in [1.29, 1.82) is 0 Å². The van der Waals surface area contributed by atoms with Crippen LogP contribution in [0.25, 0.3) is 0 Å². The summed E-state index contributed by atoms with van der Waals surface area (Å²) >= 11 is 0. The molecule has 2 aliphatic rings. The van der Waals surface area contributed by atoms with Crippen molar-refractivity contribution < 1.29 is 19.1 Å². The summed E-state index contributed by atoms with van der Waals surface area (Å²) < 4.78 is 13.9. The third-order valence-electron chi connectivity index (χ3n) is 3.37. The molecule has 1 N–H and O–H groups in total. The Kier molecular flexibility index (Phi) is 2.61. The molecule has 96 valence electrons. The number of aliphatic hydroxyl groups is 1. The lowest BCUT2D eigenvalue weighted by Gasteiger charge is -2.17. The molecule has 2 atom stereocenters. The Labute approximate surface area is 108 Å². The van der Waals surface area contributed by atoms with Crippen LogP contribution in [-0.2, 0) is 9.59 Å². The normalized spacial score (nSPS) is 24.0. The van der Waals surface area contributed by atoms with E-state index in [9.17, 15) is 14.0 Å². The summed E-state index contributed by atoms with van der Waals surface area (Å²) in [5, 5.41) is 8.56. The average molecular weight is 259 g/mol. The van der Waals surface area contributed by atoms with Crippen LogP contribution < -0.4 is 4.90 Å². The number of carbonyl (C=O) groups is 2. The van der Waals surface area contributed by atoms with Crippen LogP contribution >= 0.6 is 0 Å². The highest BCUT2D eigenvalue weighted by Gasteiger charge is 2.59. The Balaban J connectivity index is 1.94. The summed E-state index contributed by atoms with van der Waals surface area (Å²) in [5.41, 5.74) is 0.372. The highest BCUT2D eigenvalue weighted by molar-refractivity contribution is 6.24. The first-order chi connectivity index (χ1) is 9.13. The average Bonchev–Trinajstić information content (AvgIpc) is 3.14. The van der Waals surface area contributed by atoms with Crippen LogP contribution in [0.1, 0.15) is 12.0 Å². The Morgan fingerprint density at radius 1 is 1.32 bits per heavy atom. The van der Waals surface area contributed by atoms with Gasteiger partial charge in [-0.2, -0.15) is 0 Å². The number of amides is 2. The number of carbonyl (C=O) groups excluding carboxylic acids is 2. The smallest absolute Gasteiger partial charge is 0.237 e. The van der Waals surface area contributed by atoms with E-state index >= 15 is 0 Å². The van der Waals surface area contributed by atoms with E-state index in [0.29, 0.717) is 12.0 Å². The Morgan fingerprint density at radius 2 is 2.00 bits per heavy atom. The third-order valence-corrected chi connectivity index (χ3v) is 3.37. The van der Waals surface area contributed by atoms with Gasteiger partial charge in [0.1, 0.15) is 12.4 Å². The van der Waals surface area contributed by atoms with Gasteiger partial charge in [0.05, 0.1) is 17.5 Å². The van der Waals surface area contributed by atoms with E-state index in [4.69, 9.17) is 5.11 Å². The van der Waals surface area contributed by atoms with E-state index in [1.807, 2.05) is 0 Å². The number of rotatable bonds is 1. The number of halogens is 1. The van der Waals surface area contributed by atoms with Crippen molar-refractivity contribution in [3.8, 4) is 11.8 Å². The standard InChI is InChI=1S/C14H10FNO3/c15-11-6-8(2-1-5-17)3-4-12(11)16-13(18)9-7-10(9)14(16)19/h3-4,6,9-10,17H,5,7H2. The van der Waals surface area contributed by atoms with Crippen molar-refractivity contribution >= 4 is 17.5 Å². The first-order valence-electron chi connectivity index (χ1n) is 5.90. The number of anilines is 1. The third kappa shape index (κ3) is 1.81. The zero-order valence-electron chi connectivity index (χ0n) is 9.89. The van der Waals surface area contributed by atoms with Gasteiger partial charge >= 0.3 is 0 Å². The van der Waals surface area contributed by atoms with Crippen molar-refractivity contribution in [2.75, 3.05) is 11.5 Å². The van der Waals surface area contributed by atoms with Gasteiger partial charge in [0.25, 0.3) is 0 Å². The van der Waals surface area contributed by atoms with E-state index in [-0.39, 0.29) is 35.9 Å². The van der Waals surface area contributed by atoms with Crippen molar-refractivity contribution in [2.24, 2.45) is 11.8 Å².